The average Bonchev–Trinajstić information content (AvgIpc) is 3.07. The Morgan fingerprint density at radius 1 is 1.21 bits per heavy atom. The van der Waals surface area contributed by atoms with E-state index in [0.717, 1.165) is 10.7 Å². The second kappa shape index (κ2) is 8.95. The highest BCUT2D eigenvalue weighted by Gasteiger charge is 2.34. The predicted octanol–water partition coefficient (Wildman–Crippen LogP) is 5.14. The van der Waals surface area contributed by atoms with Crippen LogP contribution < -0.4 is 5.32 Å². The molecular weight excluding hydrogens is 409 g/mol. The molecule has 0 saturated carbocycles. The molecule has 0 aliphatic carbocycles. The Hall–Kier alpha value is -3.07. The Balaban J connectivity index is 0.00000145. The first-order chi connectivity index (χ1) is 13.7. The van der Waals surface area contributed by atoms with Crippen molar-refractivity contribution in [2.45, 2.75) is 20.0 Å². The second-order valence-corrected chi connectivity index (χ2v) is 5.97. The van der Waals surface area contributed by atoms with Crippen molar-refractivity contribution in [2.75, 3.05) is 5.32 Å². The molecule has 0 saturated heterocycles. The molecule has 0 atom stereocenters. The maximum Gasteiger partial charge on any atom is 0.435 e. The fourth-order valence-electron chi connectivity index (χ4n) is 2.39. The summed E-state index contributed by atoms with van der Waals surface area (Å²) in [6.07, 6.45) is -3.37. The Kier molecular flexibility index (Phi) is 6.86. The minimum Gasteiger partial charge on any atom is -0.504 e. The number of hydrogen-bond donors (Lipinski definition) is 2. The predicted molar refractivity (Wildman–Crippen MR) is 104 cm³/mol. The number of amides is 1. The molecular formula is C19H18ClF3N4O2. The van der Waals surface area contributed by atoms with E-state index in [1.165, 1.54) is 31.4 Å². The lowest BCUT2D eigenvalue weighted by Crippen LogP contribution is -2.13. The van der Waals surface area contributed by atoms with E-state index in [-0.39, 0.29) is 27.7 Å². The van der Waals surface area contributed by atoms with Crippen LogP contribution in [0.1, 0.15) is 29.9 Å². The highest BCUT2D eigenvalue weighted by molar-refractivity contribution is 6.34. The SMILES string of the molecule is CC.Cn1nc(C(F)(F)F)cc1-c1cnc(NC(=O)c2ccccc2Cl)c(O)c1. The van der Waals surface area contributed by atoms with Crippen LogP contribution in [0.25, 0.3) is 11.3 Å². The van der Waals surface area contributed by atoms with Gasteiger partial charge in [-0.15, -0.1) is 0 Å². The van der Waals surface area contributed by atoms with E-state index in [4.69, 9.17) is 11.6 Å². The zero-order valence-corrected chi connectivity index (χ0v) is 16.5. The fraction of sp³-hybridized carbons (Fsp3) is 0.211. The van der Waals surface area contributed by atoms with Crippen molar-refractivity contribution >= 4 is 23.3 Å². The highest BCUT2D eigenvalue weighted by atomic mass is 35.5. The highest BCUT2D eigenvalue weighted by Crippen LogP contribution is 2.33. The molecule has 1 aromatic carbocycles. The number of carbonyl (C=O) groups is 1. The van der Waals surface area contributed by atoms with Gasteiger partial charge >= 0.3 is 6.18 Å². The summed E-state index contributed by atoms with van der Waals surface area (Å²) < 4.78 is 39.4. The monoisotopic (exact) mass is 426 g/mol. The van der Waals surface area contributed by atoms with Crippen LogP contribution in [0.5, 0.6) is 5.75 Å². The zero-order chi connectivity index (χ0) is 21.8. The first kappa shape index (κ1) is 22.2. The van der Waals surface area contributed by atoms with E-state index in [0.29, 0.717) is 0 Å². The molecule has 6 nitrogen and oxygen atoms in total. The van der Waals surface area contributed by atoms with Crippen molar-refractivity contribution in [3.63, 3.8) is 0 Å². The van der Waals surface area contributed by atoms with Gasteiger partial charge in [-0.05, 0) is 24.3 Å². The molecule has 0 bridgehead atoms. The van der Waals surface area contributed by atoms with Crippen LogP contribution in [0.4, 0.5) is 19.0 Å². The van der Waals surface area contributed by atoms with E-state index in [1.54, 1.807) is 12.1 Å². The van der Waals surface area contributed by atoms with E-state index in [2.05, 4.69) is 15.4 Å². The van der Waals surface area contributed by atoms with Crippen LogP contribution in [-0.4, -0.2) is 25.8 Å². The summed E-state index contributed by atoms with van der Waals surface area (Å²) in [6.45, 7) is 4.00. The number of aromatic hydroxyl groups is 1. The van der Waals surface area contributed by atoms with Gasteiger partial charge in [0.1, 0.15) is 0 Å². The number of hydrogen-bond acceptors (Lipinski definition) is 4. The Labute approximate surface area is 170 Å². The maximum atomic E-state index is 12.8. The zero-order valence-electron chi connectivity index (χ0n) is 15.8. The molecule has 2 heterocycles. The lowest BCUT2D eigenvalue weighted by Gasteiger charge is -2.09. The van der Waals surface area contributed by atoms with Crippen molar-refractivity contribution < 1.29 is 23.1 Å². The number of rotatable bonds is 3. The molecule has 0 fully saturated rings. The van der Waals surface area contributed by atoms with E-state index in [9.17, 15) is 23.1 Å². The van der Waals surface area contributed by atoms with Crippen molar-refractivity contribution in [2.24, 2.45) is 7.05 Å². The molecule has 1 amide bonds. The number of alkyl halides is 3. The normalized spacial score (nSPS) is 10.9. The van der Waals surface area contributed by atoms with Gasteiger partial charge in [0.2, 0.25) is 0 Å². The van der Waals surface area contributed by atoms with Crippen LogP contribution in [0.2, 0.25) is 5.02 Å². The van der Waals surface area contributed by atoms with Gasteiger partial charge in [0.25, 0.3) is 5.91 Å². The second-order valence-electron chi connectivity index (χ2n) is 5.56. The van der Waals surface area contributed by atoms with Crippen molar-refractivity contribution in [3.05, 3.63) is 58.9 Å². The molecule has 3 aromatic rings. The third-order valence-electron chi connectivity index (χ3n) is 3.68. The average molecular weight is 427 g/mol. The first-order valence-electron chi connectivity index (χ1n) is 8.53. The smallest absolute Gasteiger partial charge is 0.435 e. The summed E-state index contributed by atoms with van der Waals surface area (Å²) in [5.41, 5.74) is -0.565. The lowest BCUT2D eigenvalue weighted by molar-refractivity contribution is -0.141. The number of nitrogens with zero attached hydrogens (tertiary/aromatic N) is 3. The maximum absolute atomic E-state index is 12.8. The molecule has 29 heavy (non-hydrogen) atoms. The van der Waals surface area contributed by atoms with Gasteiger partial charge < -0.3 is 10.4 Å². The molecule has 0 radical (unpaired) electrons. The van der Waals surface area contributed by atoms with Crippen molar-refractivity contribution in [1.29, 1.82) is 0 Å². The van der Waals surface area contributed by atoms with E-state index >= 15 is 0 Å². The third kappa shape index (κ3) is 5.05. The summed E-state index contributed by atoms with van der Waals surface area (Å²) >= 11 is 5.94. The van der Waals surface area contributed by atoms with Crippen LogP contribution >= 0.6 is 11.6 Å². The Bertz CT molecular complexity index is 1020. The topological polar surface area (TPSA) is 80.0 Å². The molecule has 2 N–H and O–H groups in total. The van der Waals surface area contributed by atoms with Gasteiger partial charge in [0.05, 0.1) is 16.3 Å². The number of nitrogens with one attached hydrogen (secondary N) is 1. The molecule has 3 rings (SSSR count). The summed E-state index contributed by atoms with van der Waals surface area (Å²) in [6, 6.07) is 8.35. The van der Waals surface area contributed by atoms with Gasteiger partial charge in [-0.3, -0.25) is 9.48 Å². The van der Waals surface area contributed by atoms with Crippen molar-refractivity contribution in [3.8, 4) is 17.0 Å². The summed E-state index contributed by atoms with van der Waals surface area (Å²) in [7, 11) is 1.34. The van der Waals surface area contributed by atoms with Gasteiger partial charge in [-0.2, -0.15) is 18.3 Å². The summed E-state index contributed by atoms with van der Waals surface area (Å²) in [4.78, 5) is 16.1. The number of halogens is 4. The number of pyridine rings is 1. The number of aromatic nitrogens is 3. The number of carbonyl (C=O) groups excluding carboxylic acids is 1. The van der Waals surface area contributed by atoms with Gasteiger partial charge in [-0.1, -0.05) is 37.6 Å². The largest absolute Gasteiger partial charge is 0.504 e. The van der Waals surface area contributed by atoms with Crippen molar-refractivity contribution in [1.82, 2.24) is 14.8 Å². The van der Waals surface area contributed by atoms with E-state index < -0.39 is 23.5 Å². The molecule has 154 valence electrons. The van der Waals surface area contributed by atoms with Crippen LogP contribution in [0, 0.1) is 0 Å². The van der Waals surface area contributed by atoms with Crippen LogP contribution in [0.15, 0.2) is 42.6 Å². The van der Waals surface area contributed by atoms with Crippen LogP contribution in [-0.2, 0) is 13.2 Å². The molecule has 0 spiro atoms. The quantitative estimate of drug-likeness (QED) is 0.607. The Morgan fingerprint density at radius 3 is 2.41 bits per heavy atom. The number of benzene rings is 1. The molecule has 10 heteroatoms. The summed E-state index contributed by atoms with van der Waals surface area (Å²) in [5, 5.41) is 16.1. The fourth-order valence-corrected chi connectivity index (χ4v) is 2.61. The van der Waals surface area contributed by atoms with Gasteiger partial charge in [0.15, 0.2) is 17.3 Å². The Morgan fingerprint density at radius 2 is 1.86 bits per heavy atom. The van der Waals surface area contributed by atoms with Crippen LogP contribution in [0.3, 0.4) is 0 Å². The number of anilines is 1. The van der Waals surface area contributed by atoms with E-state index in [1.807, 2.05) is 13.8 Å². The van der Waals surface area contributed by atoms with Gasteiger partial charge in [-0.25, -0.2) is 4.98 Å². The van der Waals surface area contributed by atoms with Gasteiger partial charge in [0, 0.05) is 18.8 Å². The minimum atomic E-state index is -4.59. The molecule has 0 aliphatic rings. The minimum absolute atomic E-state index is 0.106. The summed E-state index contributed by atoms with van der Waals surface area (Å²) in [5.74, 6) is -1.15. The lowest BCUT2D eigenvalue weighted by atomic mass is 10.2. The molecule has 0 unspecified atom stereocenters. The number of aryl methyl sites for hydroxylation is 1. The standard InChI is InChI=1S/C17H12ClF3N4O2.C2H6/c1-25-12(7-14(24-25)17(19,20)21)9-6-13(26)15(22-8-9)23-16(27)10-4-2-3-5-11(10)18;1-2/h2-8,26H,1H3,(H,22,23,27);1-2H3. The first-order valence-corrected chi connectivity index (χ1v) is 8.91. The molecule has 2 aromatic heterocycles. The third-order valence-corrected chi connectivity index (χ3v) is 4.01. The molecule has 0 aliphatic heterocycles.